The van der Waals surface area contributed by atoms with E-state index in [1.165, 1.54) is 0 Å². The number of nitrogens with zero attached hydrogens (tertiary/aromatic N) is 1. The number of hydrogen-bond donors (Lipinski definition) is 1. The summed E-state index contributed by atoms with van der Waals surface area (Å²) in [4.78, 5) is 12.7. The molecule has 0 aliphatic rings. The maximum Gasteiger partial charge on any atom is 0.243 e. The molecule has 0 saturated heterocycles. The van der Waals surface area contributed by atoms with Gasteiger partial charge in [0, 0.05) is 22.6 Å². The van der Waals surface area contributed by atoms with Gasteiger partial charge in [0.2, 0.25) is 15.9 Å². The second kappa shape index (κ2) is 10.4. The maximum absolute atomic E-state index is 13.3. The molecule has 0 aliphatic heterocycles. The van der Waals surface area contributed by atoms with Crippen LogP contribution in [-0.4, -0.2) is 31.2 Å². The third-order valence-electron chi connectivity index (χ3n) is 4.47. The van der Waals surface area contributed by atoms with E-state index in [4.69, 9.17) is 23.2 Å². The van der Waals surface area contributed by atoms with E-state index in [0.717, 1.165) is 22.7 Å². The van der Waals surface area contributed by atoms with E-state index in [-0.39, 0.29) is 29.9 Å². The first-order chi connectivity index (χ1) is 13.6. The monoisotopic (exact) mass is 456 g/mol. The smallest absolute Gasteiger partial charge is 0.243 e. The summed E-state index contributed by atoms with van der Waals surface area (Å²) in [6.45, 7) is 5.46. The van der Waals surface area contributed by atoms with Gasteiger partial charge < -0.3 is 5.32 Å². The van der Waals surface area contributed by atoms with E-state index >= 15 is 0 Å². The van der Waals surface area contributed by atoms with Crippen LogP contribution in [0.1, 0.15) is 37.8 Å². The summed E-state index contributed by atoms with van der Waals surface area (Å²) in [7, 11) is -3.91. The lowest BCUT2D eigenvalue weighted by molar-refractivity contribution is -0.122. The average molecular weight is 457 g/mol. The number of rotatable bonds is 9. The highest BCUT2D eigenvalue weighted by molar-refractivity contribution is 7.89. The van der Waals surface area contributed by atoms with Crippen LogP contribution >= 0.6 is 23.2 Å². The molecule has 2 rings (SSSR count). The van der Waals surface area contributed by atoms with Crippen LogP contribution in [0.15, 0.2) is 47.4 Å². The lowest BCUT2D eigenvalue weighted by Crippen LogP contribution is -2.43. The second-order valence-corrected chi connectivity index (χ2v) is 9.86. The largest absolute Gasteiger partial charge is 0.353 e. The molecule has 0 unspecified atom stereocenters. The Kier molecular flexibility index (Phi) is 8.52. The van der Waals surface area contributed by atoms with E-state index < -0.39 is 10.0 Å². The number of amides is 1. The van der Waals surface area contributed by atoms with Crippen LogP contribution in [-0.2, 0) is 21.4 Å². The fourth-order valence-corrected chi connectivity index (χ4v) is 4.75. The molecule has 5 nitrogen and oxygen atoms in total. The minimum absolute atomic E-state index is 0.0319. The van der Waals surface area contributed by atoms with Crippen LogP contribution in [0, 0.1) is 6.92 Å². The van der Waals surface area contributed by atoms with Crippen LogP contribution < -0.4 is 5.32 Å². The molecule has 0 saturated carbocycles. The lowest BCUT2D eigenvalue weighted by atomic mass is 10.2. The first kappa shape index (κ1) is 23.7. The molecular formula is C21H26Cl2N2O3S. The van der Waals surface area contributed by atoms with Gasteiger partial charge in [-0.05, 0) is 50.1 Å². The molecule has 0 fully saturated rings. The fraction of sp³-hybridized carbons (Fsp3) is 0.381. The molecule has 0 aliphatic carbocycles. The summed E-state index contributed by atoms with van der Waals surface area (Å²) in [5.74, 6) is -0.355. The first-order valence-corrected chi connectivity index (χ1v) is 11.6. The van der Waals surface area contributed by atoms with Gasteiger partial charge in [0.1, 0.15) is 0 Å². The van der Waals surface area contributed by atoms with Crippen molar-refractivity contribution in [1.82, 2.24) is 9.62 Å². The van der Waals surface area contributed by atoms with Crippen molar-refractivity contribution in [3.63, 3.8) is 0 Å². The standard InChI is InChI=1S/C21H26Cl2N2O3S/c1-4-5-16(3)24-21(26)14-25(13-17-8-9-18(22)12-20(17)23)29(27,28)19-10-6-15(2)7-11-19/h6-12,16H,4-5,13-14H2,1-3H3,(H,24,26)/t16-/m1/s1. The Morgan fingerprint density at radius 2 is 1.79 bits per heavy atom. The predicted molar refractivity (Wildman–Crippen MR) is 118 cm³/mol. The molecular weight excluding hydrogens is 431 g/mol. The van der Waals surface area contributed by atoms with E-state index in [0.29, 0.717) is 15.6 Å². The third kappa shape index (κ3) is 6.71. The summed E-state index contributed by atoms with van der Waals surface area (Å²) in [6, 6.07) is 11.4. The summed E-state index contributed by atoms with van der Waals surface area (Å²) in [5.41, 5.74) is 1.52. The van der Waals surface area contributed by atoms with Crippen molar-refractivity contribution >= 4 is 39.1 Å². The molecule has 2 aromatic rings. The zero-order valence-corrected chi connectivity index (χ0v) is 19.1. The van der Waals surface area contributed by atoms with Gasteiger partial charge in [0.25, 0.3) is 0 Å². The Morgan fingerprint density at radius 3 is 2.38 bits per heavy atom. The minimum Gasteiger partial charge on any atom is -0.353 e. The van der Waals surface area contributed by atoms with E-state index in [1.807, 2.05) is 20.8 Å². The molecule has 0 spiro atoms. The highest BCUT2D eigenvalue weighted by Crippen LogP contribution is 2.25. The van der Waals surface area contributed by atoms with Crippen molar-refractivity contribution < 1.29 is 13.2 Å². The number of aryl methyl sites for hydroxylation is 1. The van der Waals surface area contributed by atoms with E-state index in [2.05, 4.69) is 5.32 Å². The quantitative estimate of drug-likeness (QED) is 0.589. The van der Waals surface area contributed by atoms with Crippen molar-refractivity contribution in [2.75, 3.05) is 6.54 Å². The molecule has 0 bridgehead atoms. The molecule has 29 heavy (non-hydrogen) atoms. The zero-order valence-electron chi connectivity index (χ0n) is 16.8. The number of halogens is 2. The third-order valence-corrected chi connectivity index (χ3v) is 6.86. The van der Waals surface area contributed by atoms with Gasteiger partial charge >= 0.3 is 0 Å². The number of benzene rings is 2. The molecule has 2 aromatic carbocycles. The number of carbonyl (C=O) groups excluding carboxylic acids is 1. The second-order valence-electron chi connectivity index (χ2n) is 7.08. The molecule has 0 aromatic heterocycles. The maximum atomic E-state index is 13.3. The SMILES string of the molecule is CCC[C@@H](C)NC(=O)CN(Cc1ccc(Cl)cc1Cl)S(=O)(=O)c1ccc(C)cc1. The van der Waals surface area contributed by atoms with E-state index in [1.54, 1.807) is 42.5 Å². The van der Waals surface area contributed by atoms with Gasteiger partial charge in [-0.3, -0.25) is 4.79 Å². The van der Waals surface area contributed by atoms with Crippen molar-refractivity contribution in [1.29, 1.82) is 0 Å². The van der Waals surface area contributed by atoms with Crippen molar-refractivity contribution in [3.05, 3.63) is 63.6 Å². The van der Waals surface area contributed by atoms with Crippen LogP contribution in [0.4, 0.5) is 0 Å². The Morgan fingerprint density at radius 1 is 1.14 bits per heavy atom. The van der Waals surface area contributed by atoms with Gasteiger partial charge in [0.15, 0.2) is 0 Å². The molecule has 1 amide bonds. The number of nitrogens with one attached hydrogen (secondary N) is 1. The normalized spacial score (nSPS) is 12.8. The van der Waals surface area contributed by atoms with Gasteiger partial charge in [-0.2, -0.15) is 4.31 Å². The fourth-order valence-electron chi connectivity index (χ4n) is 2.91. The minimum atomic E-state index is -3.91. The summed E-state index contributed by atoms with van der Waals surface area (Å²) in [6.07, 6.45) is 1.74. The Hall–Kier alpha value is -1.60. The van der Waals surface area contributed by atoms with Crippen molar-refractivity contribution in [2.24, 2.45) is 0 Å². The summed E-state index contributed by atoms with van der Waals surface area (Å²) in [5, 5.41) is 3.66. The first-order valence-electron chi connectivity index (χ1n) is 9.43. The molecule has 1 N–H and O–H groups in total. The van der Waals surface area contributed by atoms with Crippen molar-refractivity contribution in [3.8, 4) is 0 Å². The Bertz CT molecular complexity index is 947. The molecule has 1 atom stereocenters. The highest BCUT2D eigenvalue weighted by atomic mass is 35.5. The number of hydrogen-bond acceptors (Lipinski definition) is 3. The Labute approximate surface area is 183 Å². The van der Waals surface area contributed by atoms with E-state index in [9.17, 15) is 13.2 Å². The van der Waals surface area contributed by atoms with Crippen LogP contribution in [0.3, 0.4) is 0 Å². The summed E-state index contributed by atoms with van der Waals surface area (Å²) < 4.78 is 27.6. The van der Waals surface area contributed by atoms with Crippen LogP contribution in [0.25, 0.3) is 0 Å². The zero-order chi connectivity index (χ0) is 21.6. The molecule has 158 valence electrons. The molecule has 0 radical (unpaired) electrons. The molecule has 0 heterocycles. The molecule has 8 heteroatoms. The Balaban J connectivity index is 2.33. The predicted octanol–water partition coefficient (Wildman–Crippen LogP) is 4.80. The van der Waals surface area contributed by atoms with Crippen molar-refractivity contribution in [2.45, 2.75) is 51.1 Å². The van der Waals surface area contributed by atoms with Gasteiger partial charge in [-0.15, -0.1) is 0 Å². The highest BCUT2D eigenvalue weighted by Gasteiger charge is 2.28. The van der Waals surface area contributed by atoms with Gasteiger partial charge in [-0.25, -0.2) is 8.42 Å². The number of carbonyl (C=O) groups is 1. The van der Waals surface area contributed by atoms with Gasteiger partial charge in [-0.1, -0.05) is 60.3 Å². The van der Waals surface area contributed by atoms with Crippen LogP contribution in [0.5, 0.6) is 0 Å². The topological polar surface area (TPSA) is 66.5 Å². The summed E-state index contributed by atoms with van der Waals surface area (Å²) >= 11 is 12.2. The average Bonchev–Trinajstić information content (AvgIpc) is 2.63. The number of sulfonamides is 1. The van der Waals surface area contributed by atoms with Gasteiger partial charge in [0.05, 0.1) is 11.4 Å². The van der Waals surface area contributed by atoms with Crippen LogP contribution in [0.2, 0.25) is 10.0 Å². The lowest BCUT2D eigenvalue weighted by Gasteiger charge is -2.23.